The third-order valence-electron chi connectivity index (χ3n) is 8.58. The number of nitrogens with one attached hydrogen (secondary N) is 2. The number of amides is 2. The summed E-state index contributed by atoms with van der Waals surface area (Å²) in [5.41, 5.74) is -1.18. The Hall–Kier alpha value is -4.01. The van der Waals surface area contributed by atoms with Crippen LogP contribution in [0.15, 0.2) is 42.6 Å². The number of alkyl carbamates (subject to hydrolysis) is 1. The molecule has 5 rings (SSSR count). The van der Waals surface area contributed by atoms with E-state index in [0.29, 0.717) is 0 Å². The van der Waals surface area contributed by atoms with Crippen molar-refractivity contribution in [1.82, 2.24) is 25.2 Å². The lowest BCUT2D eigenvalue weighted by molar-refractivity contribution is -0.195. The lowest BCUT2D eigenvalue weighted by Crippen LogP contribution is -2.57. The van der Waals surface area contributed by atoms with Crippen LogP contribution < -0.4 is 10.6 Å². The van der Waals surface area contributed by atoms with Crippen molar-refractivity contribution in [2.45, 2.75) is 63.3 Å². The fourth-order valence-electron chi connectivity index (χ4n) is 6.03. The number of benzene rings is 1. The number of imidazole rings is 1. The first-order valence-corrected chi connectivity index (χ1v) is 14.9. The molecule has 248 valence electrons. The number of alkyl halides is 5. The lowest BCUT2D eigenvalue weighted by atomic mass is 9.72. The fraction of sp³-hybridized carbons (Fsp3) is 0.500. The zero-order valence-corrected chi connectivity index (χ0v) is 25.3. The minimum atomic E-state index is -4.69. The Morgan fingerprint density at radius 1 is 1.20 bits per heavy atom. The summed E-state index contributed by atoms with van der Waals surface area (Å²) < 4.78 is 80.4. The van der Waals surface area contributed by atoms with E-state index in [9.17, 15) is 36.3 Å². The van der Waals surface area contributed by atoms with Gasteiger partial charge in [0.15, 0.2) is 11.1 Å². The van der Waals surface area contributed by atoms with Gasteiger partial charge >= 0.3 is 18.2 Å². The van der Waals surface area contributed by atoms with Crippen LogP contribution in [0.25, 0.3) is 5.65 Å². The molecule has 1 aromatic carbocycles. The molecule has 1 aliphatic heterocycles. The molecular formula is C30H31ClF5N5O5. The van der Waals surface area contributed by atoms with E-state index in [4.69, 9.17) is 21.1 Å². The molecule has 0 radical (unpaired) electrons. The minimum absolute atomic E-state index is 0.0292. The molecule has 46 heavy (non-hydrogen) atoms. The average molecular weight is 672 g/mol. The van der Waals surface area contributed by atoms with Gasteiger partial charge in [-0.25, -0.2) is 23.1 Å². The summed E-state index contributed by atoms with van der Waals surface area (Å²) in [6, 6.07) is 9.41. The predicted molar refractivity (Wildman–Crippen MR) is 153 cm³/mol. The highest BCUT2D eigenvalue weighted by molar-refractivity contribution is 6.31. The summed E-state index contributed by atoms with van der Waals surface area (Å²) in [6.07, 6.45) is -6.13. The molecule has 0 bridgehead atoms. The maximum Gasteiger partial charge on any atom is 0.408 e. The zero-order valence-electron chi connectivity index (χ0n) is 24.6. The van der Waals surface area contributed by atoms with Crippen LogP contribution in [0.3, 0.4) is 0 Å². The van der Waals surface area contributed by atoms with Gasteiger partial charge in [0.25, 0.3) is 0 Å². The fourth-order valence-corrected chi connectivity index (χ4v) is 6.23. The number of carbonyl (C=O) groups is 3. The van der Waals surface area contributed by atoms with Gasteiger partial charge in [-0.2, -0.15) is 18.3 Å². The van der Waals surface area contributed by atoms with Gasteiger partial charge < -0.3 is 20.1 Å². The van der Waals surface area contributed by atoms with Crippen molar-refractivity contribution in [2.24, 2.45) is 17.3 Å². The van der Waals surface area contributed by atoms with E-state index in [2.05, 4.69) is 20.7 Å². The second-order valence-electron chi connectivity index (χ2n) is 11.7. The molecular weight excluding hydrogens is 641 g/mol. The number of hydrogen-bond donors (Lipinski definition) is 2. The van der Waals surface area contributed by atoms with Crippen molar-refractivity contribution < 1.29 is 45.8 Å². The van der Waals surface area contributed by atoms with Crippen LogP contribution >= 0.6 is 11.6 Å². The average Bonchev–Trinajstić information content (AvgIpc) is 3.42. The molecule has 2 N–H and O–H groups in total. The summed E-state index contributed by atoms with van der Waals surface area (Å²) in [4.78, 5) is 43.2. The number of nitrogens with zero attached hydrogens (tertiary/aromatic N) is 3. The molecule has 16 heteroatoms. The van der Waals surface area contributed by atoms with E-state index in [1.54, 1.807) is 24.3 Å². The first-order valence-electron chi connectivity index (χ1n) is 14.5. The van der Waals surface area contributed by atoms with E-state index < -0.39 is 72.7 Å². The molecule has 2 amide bonds. The number of hydrogen-bond acceptors (Lipinski definition) is 7. The van der Waals surface area contributed by atoms with E-state index >= 15 is 0 Å². The molecule has 3 aromatic rings. The van der Waals surface area contributed by atoms with Crippen molar-refractivity contribution in [2.75, 3.05) is 13.7 Å². The minimum Gasteiger partial charge on any atom is -0.468 e. The Kier molecular flexibility index (Phi) is 9.43. The molecule has 2 fully saturated rings. The molecule has 2 aromatic heterocycles. The van der Waals surface area contributed by atoms with Crippen LogP contribution in [0.4, 0.5) is 26.7 Å². The van der Waals surface area contributed by atoms with Gasteiger partial charge in [0, 0.05) is 31.9 Å². The Labute approximate surface area is 265 Å². The summed E-state index contributed by atoms with van der Waals surface area (Å²) in [5, 5.41) is 9.20. The van der Waals surface area contributed by atoms with Crippen LogP contribution in [-0.4, -0.2) is 58.3 Å². The third-order valence-corrected chi connectivity index (χ3v) is 8.90. The Morgan fingerprint density at radius 2 is 1.89 bits per heavy atom. The molecule has 1 saturated heterocycles. The smallest absolute Gasteiger partial charge is 0.408 e. The molecule has 10 nitrogen and oxygen atoms in total. The van der Waals surface area contributed by atoms with Gasteiger partial charge in [-0.05, 0) is 30.7 Å². The largest absolute Gasteiger partial charge is 0.468 e. The van der Waals surface area contributed by atoms with Crippen LogP contribution in [0, 0.1) is 17.3 Å². The van der Waals surface area contributed by atoms with Crippen LogP contribution in [-0.2, 0) is 32.1 Å². The summed E-state index contributed by atoms with van der Waals surface area (Å²) >= 11 is 6.46. The molecule has 1 saturated carbocycles. The van der Waals surface area contributed by atoms with Crippen molar-refractivity contribution in [3.05, 3.63) is 64.6 Å². The van der Waals surface area contributed by atoms with Crippen molar-refractivity contribution in [3.8, 4) is 0 Å². The normalized spacial score (nSPS) is 22.6. The number of halogens is 6. The van der Waals surface area contributed by atoms with E-state index in [1.807, 2.05) is 6.07 Å². The van der Waals surface area contributed by atoms with E-state index in [1.165, 1.54) is 16.8 Å². The molecule has 1 unspecified atom stereocenters. The molecule has 1 aliphatic carbocycles. The Balaban J connectivity index is 1.44. The third kappa shape index (κ3) is 7.18. The highest BCUT2D eigenvalue weighted by Gasteiger charge is 2.57. The van der Waals surface area contributed by atoms with E-state index in [0.717, 1.165) is 12.7 Å². The molecule has 2 aliphatic rings. The predicted octanol–water partition coefficient (Wildman–Crippen LogP) is 5.58. The Morgan fingerprint density at radius 3 is 2.54 bits per heavy atom. The quantitative estimate of drug-likeness (QED) is 0.182. The van der Waals surface area contributed by atoms with Crippen molar-refractivity contribution in [3.63, 3.8) is 0 Å². The van der Waals surface area contributed by atoms with Gasteiger partial charge in [0.1, 0.15) is 6.61 Å². The zero-order chi connectivity index (χ0) is 33.3. The highest BCUT2D eigenvalue weighted by atomic mass is 35.5. The van der Waals surface area contributed by atoms with E-state index in [-0.39, 0.29) is 54.3 Å². The van der Waals surface area contributed by atoms with Gasteiger partial charge in [-0.15, -0.1) is 0 Å². The number of methoxy groups -OCH3 is 1. The van der Waals surface area contributed by atoms with Gasteiger partial charge in [0.05, 0.1) is 41.7 Å². The van der Waals surface area contributed by atoms with Gasteiger partial charge in [-0.1, -0.05) is 41.9 Å². The molecule has 0 spiro atoms. The maximum atomic E-state index is 14.0. The summed E-state index contributed by atoms with van der Waals surface area (Å²) in [6.45, 7) is -0.722. The first-order chi connectivity index (χ1) is 21.7. The van der Waals surface area contributed by atoms with Crippen LogP contribution in [0.1, 0.15) is 55.1 Å². The van der Waals surface area contributed by atoms with Crippen molar-refractivity contribution in [1.29, 1.82) is 0 Å². The number of piperidine rings is 1. The van der Waals surface area contributed by atoms with Crippen molar-refractivity contribution >= 4 is 35.2 Å². The number of ether oxygens (including phenoxy) is 2. The van der Waals surface area contributed by atoms with Crippen LogP contribution in [0.5, 0.6) is 0 Å². The number of aromatic nitrogens is 3. The second kappa shape index (κ2) is 13.0. The number of carbonyl (C=O) groups excluding carboxylic acids is 3. The van der Waals surface area contributed by atoms with Gasteiger partial charge in [0.2, 0.25) is 11.8 Å². The summed E-state index contributed by atoms with van der Waals surface area (Å²) in [7, 11) is 0.966. The van der Waals surface area contributed by atoms with Gasteiger partial charge in [-0.3, -0.25) is 9.59 Å². The topological polar surface area (TPSA) is 124 Å². The SMILES string of the molecule is COC(=O)C1(Cc2nn3cc([C@@H](NC(=O)OCc4ccccc4)C4CCC(F)(F)CC4)nc3cc2Cl)C[C@H](C(F)(F)F)CNC1=O. The maximum absolute atomic E-state index is 14.0. The number of rotatable bonds is 8. The highest BCUT2D eigenvalue weighted by Crippen LogP contribution is 2.43. The monoisotopic (exact) mass is 671 g/mol. The lowest BCUT2D eigenvalue weighted by Gasteiger charge is -2.38. The summed E-state index contributed by atoms with van der Waals surface area (Å²) in [5.74, 6) is -7.39. The van der Waals surface area contributed by atoms with Crippen LogP contribution in [0.2, 0.25) is 5.02 Å². The first kappa shape index (κ1) is 33.4. The number of fused-ring (bicyclic) bond motifs is 1. The number of esters is 1. The molecule has 3 atom stereocenters. The Bertz CT molecular complexity index is 1580. The molecule has 3 heterocycles. The standard InChI is InChI=1S/C30H31ClF5N5O5/c1-45-26(43)28(12-19(30(34,35)36)14-37-25(28)42)13-21-20(31)11-23-38-22(15-41(23)40-21)24(18-7-9-29(32,33)10-8-18)39-27(44)46-16-17-5-3-2-4-6-17/h2-6,11,15,18-19,24H,7-10,12-14,16H2,1H3,(H,37,42)(H,39,44)/t19-,24-,28?/m0/s1. The second-order valence-corrected chi connectivity index (χ2v) is 12.1.